The fraction of sp³-hybridized carbons (Fsp3) is 0.448. The molecule has 1 aliphatic carbocycles. The van der Waals surface area contributed by atoms with Crippen molar-refractivity contribution in [3.05, 3.63) is 54.5 Å². The zero-order chi connectivity index (χ0) is 29.1. The highest BCUT2D eigenvalue weighted by molar-refractivity contribution is 7.92. The number of nitrogens with zero attached hydrogens (tertiary/aromatic N) is 7. The highest BCUT2D eigenvalue weighted by Crippen LogP contribution is 2.34. The molecule has 0 amide bonds. The summed E-state index contributed by atoms with van der Waals surface area (Å²) in [5, 5.41) is 12.8. The van der Waals surface area contributed by atoms with Gasteiger partial charge in [0.25, 0.3) is 0 Å². The van der Waals surface area contributed by atoms with Gasteiger partial charge in [0.1, 0.15) is 0 Å². The molecule has 3 N–H and O–H groups in total. The highest BCUT2D eigenvalue weighted by Gasteiger charge is 2.25. The minimum atomic E-state index is -3.42. The molecule has 0 radical (unpaired) electrons. The fourth-order valence-corrected chi connectivity index (χ4v) is 6.38. The summed E-state index contributed by atoms with van der Waals surface area (Å²) in [6.07, 6.45) is 9.53. The average Bonchev–Trinajstić information content (AvgIpc) is 3.67. The molecule has 1 saturated heterocycles. The van der Waals surface area contributed by atoms with E-state index in [2.05, 4.69) is 29.4 Å². The van der Waals surface area contributed by atoms with E-state index in [0.29, 0.717) is 47.8 Å². The molecule has 4 heterocycles. The third-order valence-electron chi connectivity index (χ3n) is 7.98. The van der Waals surface area contributed by atoms with Crippen LogP contribution >= 0.6 is 0 Å². The van der Waals surface area contributed by atoms with Crippen molar-refractivity contribution in [2.45, 2.75) is 38.3 Å². The summed E-state index contributed by atoms with van der Waals surface area (Å²) < 4.78 is 28.4. The van der Waals surface area contributed by atoms with Gasteiger partial charge in [-0.2, -0.15) is 9.97 Å². The van der Waals surface area contributed by atoms with Crippen molar-refractivity contribution in [1.82, 2.24) is 29.4 Å². The molecule has 1 aromatic carbocycles. The maximum Gasteiger partial charge on any atom is 0.229 e. The Morgan fingerprint density at radius 1 is 1.00 bits per heavy atom. The Kier molecular flexibility index (Phi) is 8.22. The van der Waals surface area contributed by atoms with Gasteiger partial charge in [-0.3, -0.25) is 14.6 Å². The number of benzene rings is 1. The molecule has 0 unspecified atom stereocenters. The minimum absolute atomic E-state index is 0.164. The summed E-state index contributed by atoms with van der Waals surface area (Å²) >= 11 is 0. The van der Waals surface area contributed by atoms with Gasteiger partial charge in [0.05, 0.1) is 30.6 Å². The number of rotatable bonds is 10. The first-order valence-corrected chi connectivity index (χ1v) is 16.4. The number of aliphatic hydroxyl groups excluding tert-OH is 1. The van der Waals surface area contributed by atoms with E-state index in [4.69, 9.17) is 15.0 Å². The van der Waals surface area contributed by atoms with Crippen LogP contribution in [0.3, 0.4) is 0 Å². The lowest BCUT2D eigenvalue weighted by molar-refractivity contribution is 0.188. The molecule has 0 spiro atoms. The van der Waals surface area contributed by atoms with Crippen molar-refractivity contribution in [2.24, 2.45) is 0 Å². The van der Waals surface area contributed by atoms with Crippen LogP contribution in [0.1, 0.15) is 37.3 Å². The predicted molar refractivity (Wildman–Crippen MR) is 164 cm³/mol. The summed E-state index contributed by atoms with van der Waals surface area (Å²) in [6.45, 7) is 4.63. The van der Waals surface area contributed by atoms with Crippen molar-refractivity contribution in [3.63, 3.8) is 0 Å². The van der Waals surface area contributed by atoms with E-state index in [-0.39, 0.29) is 6.61 Å². The highest BCUT2D eigenvalue weighted by atomic mass is 32.2. The van der Waals surface area contributed by atoms with Gasteiger partial charge in [0.15, 0.2) is 17.0 Å². The number of fused-ring (bicyclic) bond motifs is 1. The molecule has 4 aromatic rings. The number of aromatic nitrogens is 5. The van der Waals surface area contributed by atoms with Crippen molar-refractivity contribution in [1.29, 1.82) is 0 Å². The van der Waals surface area contributed by atoms with Crippen LogP contribution in [0.4, 0.5) is 17.5 Å². The number of anilines is 3. The van der Waals surface area contributed by atoms with Crippen molar-refractivity contribution in [3.8, 4) is 11.3 Å². The maximum atomic E-state index is 11.8. The van der Waals surface area contributed by atoms with E-state index >= 15 is 0 Å². The number of para-hydroxylation sites is 1. The Morgan fingerprint density at radius 2 is 1.79 bits per heavy atom. The van der Waals surface area contributed by atoms with Gasteiger partial charge in [-0.1, -0.05) is 37.1 Å². The van der Waals surface area contributed by atoms with E-state index in [0.717, 1.165) is 62.0 Å². The zero-order valence-electron chi connectivity index (χ0n) is 23.8. The smallest absolute Gasteiger partial charge is 0.229 e. The Labute approximate surface area is 245 Å². The van der Waals surface area contributed by atoms with E-state index < -0.39 is 10.0 Å². The SMILES string of the molecule is CS(=O)(=O)Nc1ccccc1-c1ccc(CNc2nc(N3CCN(CCO)CC3)nc3c2ncn3C2CCCC2)cn1. The number of sulfonamides is 1. The molecule has 1 saturated carbocycles. The van der Waals surface area contributed by atoms with Gasteiger partial charge in [0, 0.05) is 57.1 Å². The van der Waals surface area contributed by atoms with Crippen LogP contribution in [0.25, 0.3) is 22.4 Å². The van der Waals surface area contributed by atoms with Crippen LogP contribution in [0.5, 0.6) is 0 Å². The van der Waals surface area contributed by atoms with Crippen molar-refractivity contribution < 1.29 is 13.5 Å². The summed E-state index contributed by atoms with van der Waals surface area (Å²) in [6, 6.07) is 11.5. The number of piperazine rings is 1. The van der Waals surface area contributed by atoms with Gasteiger partial charge < -0.3 is 19.9 Å². The molecule has 1 aliphatic heterocycles. The van der Waals surface area contributed by atoms with E-state index in [1.165, 1.54) is 12.8 Å². The largest absolute Gasteiger partial charge is 0.395 e. The van der Waals surface area contributed by atoms with Crippen LogP contribution in [-0.2, 0) is 16.6 Å². The first-order valence-electron chi connectivity index (χ1n) is 14.5. The summed E-state index contributed by atoms with van der Waals surface area (Å²) in [7, 11) is -3.42. The minimum Gasteiger partial charge on any atom is -0.395 e. The van der Waals surface area contributed by atoms with Crippen LogP contribution < -0.4 is 14.9 Å². The maximum absolute atomic E-state index is 11.8. The summed E-state index contributed by atoms with van der Waals surface area (Å²) in [5.74, 6) is 1.38. The number of pyridine rings is 1. The van der Waals surface area contributed by atoms with Gasteiger partial charge in [-0.05, 0) is 30.5 Å². The number of aliphatic hydroxyl groups is 1. The molecule has 42 heavy (non-hydrogen) atoms. The van der Waals surface area contributed by atoms with Gasteiger partial charge in [-0.25, -0.2) is 13.4 Å². The number of β-amino-alcohol motifs (C(OH)–C–C–N with tert-alkyl or cyclic N) is 1. The molecule has 12 nitrogen and oxygen atoms in total. The summed E-state index contributed by atoms with van der Waals surface area (Å²) in [5.41, 5.74) is 4.44. The summed E-state index contributed by atoms with van der Waals surface area (Å²) in [4.78, 5) is 23.8. The fourth-order valence-electron chi connectivity index (χ4n) is 5.80. The number of nitrogens with one attached hydrogen (secondary N) is 2. The van der Waals surface area contributed by atoms with E-state index in [1.807, 2.05) is 30.6 Å². The molecule has 6 rings (SSSR count). The third kappa shape index (κ3) is 6.32. The second-order valence-corrected chi connectivity index (χ2v) is 12.8. The van der Waals surface area contributed by atoms with E-state index in [9.17, 15) is 13.5 Å². The number of hydrogen-bond acceptors (Lipinski definition) is 10. The number of imidazole rings is 1. The first kappa shape index (κ1) is 28.3. The molecular weight excluding hydrogens is 554 g/mol. The van der Waals surface area contributed by atoms with Crippen LogP contribution in [0.15, 0.2) is 48.9 Å². The Hall–Kier alpha value is -3.81. The lowest BCUT2D eigenvalue weighted by Gasteiger charge is -2.34. The predicted octanol–water partition coefficient (Wildman–Crippen LogP) is 3.10. The van der Waals surface area contributed by atoms with Crippen molar-refractivity contribution >= 4 is 38.6 Å². The normalized spacial score (nSPS) is 16.8. The standard InChI is InChI=1S/C29H37N9O3S/c1-42(40,41)35-25-9-5-4-8-23(25)24-11-10-21(18-30-24)19-31-27-26-28(38(20-32-26)22-6-2-3-7-22)34-29(33-27)37-14-12-36(13-15-37)16-17-39/h4-5,8-11,18,20,22,35,39H,2-3,6-7,12-17,19H2,1H3,(H,31,33,34). The van der Waals surface area contributed by atoms with Crippen LogP contribution in [-0.4, -0.2) is 88.5 Å². The van der Waals surface area contributed by atoms with Gasteiger partial charge in [0.2, 0.25) is 16.0 Å². The quantitative estimate of drug-likeness (QED) is 0.252. The topological polar surface area (TPSA) is 141 Å². The molecule has 2 fully saturated rings. The van der Waals surface area contributed by atoms with Crippen molar-refractivity contribution in [2.75, 3.05) is 60.5 Å². The zero-order valence-corrected chi connectivity index (χ0v) is 24.6. The van der Waals surface area contributed by atoms with Crippen LogP contribution in [0.2, 0.25) is 0 Å². The second kappa shape index (κ2) is 12.2. The molecule has 222 valence electrons. The first-order chi connectivity index (χ1) is 20.4. The lowest BCUT2D eigenvalue weighted by atomic mass is 10.1. The Morgan fingerprint density at radius 3 is 2.50 bits per heavy atom. The van der Waals surface area contributed by atoms with Crippen LogP contribution in [0, 0.1) is 0 Å². The number of hydrogen-bond donors (Lipinski definition) is 3. The Balaban J connectivity index is 1.24. The lowest BCUT2D eigenvalue weighted by Crippen LogP contribution is -2.47. The second-order valence-electron chi connectivity index (χ2n) is 11.0. The molecule has 0 bridgehead atoms. The monoisotopic (exact) mass is 591 g/mol. The third-order valence-corrected chi connectivity index (χ3v) is 8.57. The molecule has 13 heteroatoms. The Bertz CT molecular complexity index is 1630. The molecule has 2 aliphatic rings. The van der Waals surface area contributed by atoms with Gasteiger partial charge >= 0.3 is 0 Å². The molecular formula is C29H37N9O3S. The molecule has 3 aromatic heterocycles. The average molecular weight is 592 g/mol. The molecule has 0 atom stereocenters. The van der Waals surface area contributed by atoms with E-state index in [1.54, 1.807) is 18.3 Å². The van der Waals surface area contributed by atoms with Gasteiger partial charge in [-0.15, -0.1) is 0 Å².